The lowest BCUT2D eigenvalue weighted by molar-refractivity contribution is -0.126. The summed E-state index contributed by atoms with van der Waals surface area (Å²) in [6.45, 7) is 10.1. The van der Waals surface area contributed by atoms with Gasteiger partial charge in [-0.25, -0.2) is 14.9 Å². The number of pyridine rings is 1. The van der Waals surface area contributed by atoms with Gasteiger partial charge in [0.05, 0.1) is 37.5 Å². The molecule has 0 aromatic carbocycles. The number of allylic oxidation sites excluding steroid dienone is 3. The van der Waals surface area contributed by atoms with Crippen molar-refractivity contribution in [2.45, 2.75) is 46.1 Å². The molecule has 0 bridgehead atoms. The summed E-state index contributed by atoms with van der Waals surface area (Å²) in [4.78, 5) is 35.5. The normalized spacial score (nSPS) is 15.8. The smallest absolute Gasteiger partial charge is 0.293 e. The Hall–Kier alpha value is -3.04. The summed E-state index contributed by atoms with van der Waals surface area (Å²) < 4.78 is 11.3. The summed E-state index contributed by atoms with van der Waals surface area (Å²) >= 11 is 0. The Kier molecular flexibility index (Phi) is 12.7. The fraction of sp³-hybridized carbons (Fsp3) is 0.458. The van der Waals surface area contributed by atoms with Crippen molar-refractivity contribution in [2.75, 3.05) is 32.1 Å². The first-order chi connectivity index (χ1) is 15.8. The van der Waals surface area contributed by atoms with Gasteiger partial charge in [0.25, 0.3) is 11.8 Å². The van der Waals surface area contributed by atoms with E-state index in [-0.39, 0.29) is 35.6 Å². The number of aliphatic hydroxyl groups excluding tert-OH is 1. The molecule has 33 heavy (non-hydrogen) atoms. The van der Waals surface area contributed by atoms with Crippen LogP contribution in [-0.2, 0) is 9.63 Å². The van der Waals surface area contributed by atoms with Gasteiger partial charge in [-0.3, -0.25) is 14.4 Å². The first-order valence-corrected chi connectivity index (χ1v) is 10.9. The van der Waals surface area contributed by atoms with E-state index in [1.165, 1.54) is 32.4 Å². The first-order valence-electron chi connectivity index (χ1n) is 10.9. The number of hydroxylamine groups is 1. The molecule has 1 fully saturated rings. The van der Waals surface area contributed by atoms with E-state index in [1.807, 2.05) is 19.1 Å². The highest BCUT2D eigenvalue weighted by Gasteiger charge is 2.30. The molecule has 0 aliphatic carbocycles. The third-order valence-electron chi connectivity index (χ3n) is 5.02. The lowest BCUT2D eigenvalue weighted by atomic mass is 10.0. The van der Waals surface area contributed by atoms with Crippen LogP contribution in [0.3, 0.4) is 0 Å². The Morgan fingerprint density at radius 1 is 1.42 bits per heavy atom. The fourth-order valence-corrected chi connectivity index (χ4v) is 3.15. The monoisotopic (exact) mass is 462 g/mol. The van der Waals surface area contributed by atoms with Crippen molar-refractivity contribution in [1.29, 1.82) is 0 Å². The number of halogens is 1. The summed E-state index contributed by atoms with van der Waals surface area (Å²) in [5, 5.41) is 12.8. The van der Waals surface area contributed by atoms with Crippen LogP contribution in [0.4, 0.5) is 10.1 Å². The molecule has 182 valence electrons. The molecule has 8 nitrogen and oxygen atoms in total. The van der Waals surface area contributed by atoms with E-state index in [0.29, 0.717) is 24.3 Å². The average Bonchev–Trinajstić information content (AvgIpc) is 3.30. The van der Waals surface area contributed by atoms with Crippen molar-refractivity contribution >= 4 is 23.1 Å². The molecule has 0 saturated carbocycles. The highest BCUT2D eigenvalue weighted by Crippen LogP contribution is 2.28. The number of amides is 2. The molecule has 1 aliphatic heterocycles. The number of hydrogen-bond acceptors (Lipinski definition) is 6. The molecule has 0 radical (unpaired) electrons. The maximum atomic E-state index is 13.0. The molecular weight excluding hydrogens is 427 g/mol. The van der Waals surface area contributed by atoms with Gasteiger partial charge in [0.15, 0.2) is 0 Å². The molecule has 2 amide bonds. The number of rotatable bonds is 9. The molecule has 1 unspecified atom stereocenters. The van der Waals surface area contributed by atoms with E-state index < -0.39 is 5.91 Å². The van der Waals surface area contributed by atoms with Crippen LogP contribution in [0.1, 0.15) is 56.1 Å². The number of anilines is 1. The zero-order valence-electron chi connectivity index (χ0n) is 19.9. The predicted octanol–water partition coefficient (Wildman–Crippen LogP) is 3.63. The highest BCUT2D eigenvalue weighted by atomic mass is 19.1. The predicted molar refractivity (Wildman–Crippen MR) is 128 cm³/mol. The number of aliphatic hydroxyl groups is 1. The second-order valence-electron chi connectivity index (χ2n) is 7.37. The van der Waals surface area contributed by atoms with Crippen LogP contribution in [0.2, 0.25) is 0 Å². The SMILES string of the molecule is C/C=C(\C)F.C=C(C(=O)N1CCCC1CO)c1cc(C(=O)NOC)ncc1NCC/C=C\C. The van der Waals surface area contributed by atoms with Crippen molar-refractivity contribution in [1.82, 2.24) is 15.4 Å². The Morgan fingerprint density at radius 3 is 2.70 bits per heavy atom. The standard InChI is InChI=1S/C20H28N4O4.C4H7F/c1-4-5-6-9-21-18-12-22-17(19(26)23-28-3)11-16(18)14(2)20(27)24-10-7-8-15(24)13-25;1-3-4(2)5/h4-5,11-12,15,21,25H,2,6-10,13H2,1,3H3,(H,23,26);3H,1-2H3/b5-4-;4-3+. The van der Waals surface area contributed by atoms with Gasteiger partial charge in [-0.05, 0) is 46.1 Å². The van der Waals surface area contributed by atoms with Gasteiger partial charge in [-0.1, -0.05) is 24.8 Å². The minimum absolute atomic E-state index is 0.0781. The molecule has 1 aromatic rings. The lowest BCUT2D eigenvalue weighted by Crippen LogP contribution is -2.38. The maximum Gasteiger partial charge on any atom is 0.293 e. The zero-order chi connectivity index (χ0) is 24.8. The number of hydrogen-bond donors (Lipinski definition) is 3. The molecule has 9 heteroatoms. The van der Waals surface area contributed by atoms with E-state index in [4.69, 9.17) is 0 Å². The van der Waals surface area contributed by atoms with Gasteiger partial charge in [-0.15, -0.1) is 0 Å². The van der Waals surface area contributed by atoms with Gasteiger partial charge in [0.1, 0.15) is 5.69 Å². The number of carbonyl (C=O) groups excluding carboxylic acids is 2. The average molecular weight is 463 g/mol. The van der Waals surface area contributed by atoms with Crippen LogP contribution in [0.25, 0.3) is 5.57 Å². The van der Waals surface area contributed by atoms with E-state index >= 15 is 0 Å². The first kappa shape index (κ1) is 28.0. The molecule has 2 rings (SSSR count). The van der Waals surface area contributed by atoms with Crippen LogP contribution in [0.5, 0.6) is 0 Å². The van der Waals surface area contributed by atoms with E-state index in [9.17, 15) is 19.1 Å². The summed E-state index contributed by atoms with van der Waals surface area (Å²) in [5.41, 5.74) is 3.71. The van der Waals surface area contributed by atoms with Gasteiger partial charge < -0.3 is 15.3 Å². The van der Waals surface area contributed by atoms with Crippen molar-refractivity contribution < 1.29 is 23.9 Å². The third kappa shape index (κ3) is 8.78. The number of aromatic nitrogens is 1. The van der Waals surface area contributed by atoms with Crippen LogP contribution in [0.15, 0.2) is 42.9 Å². The van der Waals surface area contributed by atoms with E-state index in [0.717, 1.165) is 19.3 Å². The second-order valence-corrected chi connectivity index (χ2v) is 7.37. The van der Waals surface area contributed by atoms with Gasteiger partial charge in [-0.2, -0.15) is 0 Å². The maximum absolute atomic E-state index is 13.0. The van der Waals surface area contributed by atoms with E-state index in [2.05, 4.69) is 27.2 Å². The lowest BCUT2D eigenvalue weighted by Gasteiger charge is -2.25. The molecule has 1 aliphatic rings. The van der Waals surface area contributed by atoms with E-state index in [1.54, 1.807) is 11.8 Å². The summed E-state index contributed by atoms with van der Waals surface area (Å²) in [6, 6.07) is 1.32. The third-order valence-corrected chi connectivity index (χ3v) is 5.02. The topological polar surface area (TPSA) is 104 Å². The number of likely N-dealkylation sites (tertiary alicyclic amines) is 1. The Morgan fingerprint density at radius 2 is 2.12 bits per heavy atom. The number of carbonyl (C=O) groups is 2. The van der Waals surface area contributed by atoms with Gasteiger partial charge in [0.2, 0.25) is 0 Å². The van der Waals surface area contributed by atoms with Crippen LogP contribution >= 0.6 is 0 Å². The largest absolute Gasteiger partial charge is 0.394 e. The minimum Gasteiger partial charge on any atom is -0.394 e. The van der Waals surface area contributed by atoms with Gasteiger partial charge in [0, 0.05) is 24.2 Å². The zero-order valence-corrected chi connectivity index (χ0v) is 19.9. The fourth-order valence-electron chi connectivity index (χ4n) is 3.15. The molecular formula is C24H35FN4O4. The van der Waals surface area contributed by atoms with Crippen LogP contribution < -0.4 is 10.8 Å². The van der Waals surface area contributed by atoms with Crippen molar-refractivity contribution in [3.63, 3.8) is 0 Å². The minimum atomic E-state index is -0.515. The molecule has 2 heterocycles. The van der Waals surface area contributed by atoms with Gasteiger partial charge >= 0.3 is 0 Å². The summed E-state index contributed by atoms with van der Waals surface area (Å²) in [5.74, 6) is -0.888. The molecule has 0 spiro atoms. The molecule has 1 saturated heterocycles. The second kappa shape index (κ2) is 14.9. The quantitative estimate of drug-likeness (QED) is 0.224. The van der Waals surface area contributed by atoms with Crippen molar-refractivity contribution in [3.8, 4) is 0 Å². The van der Waals surface area contributed by atoms with Crippen molar-refractivity contribution in [3.05, 3.63) is 54.2 Å². The Bertz CT molecular complexity index is 866. The molecule has 1 aromatic heterocycles. The Balaban J connectivity index is 0.000000981. The Labute approximate surface area is 195 Å². The summed E-state index contributed by atoms with van der Waals surface area (Å²) in [6.07, 6.45) is 9.33. The van der Waals surface area contributed by atoms with Crippen molar-refractivity contribution in [2.24, 2.45) is 0 Å². The van der Waals surface area contributed by atoms with Crippen LogP contribution in [-0.4, -0.2) is 59.7 Å². The molecule has 1 atom stereocenters. The molecule has 3 N–H and O–H groups in total. The number of nitrogens with zero attached hydrogens (tertiary/aromatic N) is 2. The summed E-state index contributed by atoms with van der Waals surface area (Å²) in [7, 11) is 1.33. The number of nitrogens with one attached hydrogen (secondary N) is 2. The van der Waals surface area contributed by atoms with Crippen LogP contribution in [0, 0.1) is 0 Å². The highest BCUT2D eigenvalue weighted by molar-refractivity contribution is 6.20.